The lowest BCUT2D eigenvalue weighted by atomic mass is 9.98. The molecule has 1 aliphatic rings. The Morgan fingerprint density at radius 3 is 3.00 bits per heavy atom. The lowest BCUT2D eigenvalue weighted by Crippen LogP contribution is -2.19. The van der Waals surface area contributed by atoms with Crippen LogP contribution in [0.5, 0.6) is 0 Å². The van der Waals surface area contributed by atoms with Gasteiger partial charge in [-0.25, -0.2) is 4.79 Å². The van der Waals surface area contributed by atoms with Gasteiger partial charge in [-0.05, 0) is 18.1 Å². The number of benzene rings is 1. The van der Waals surface area contributed by atoms with Crippen LogP contribution in [0.2, 0.25) is 0 Å². The maximum absolute atomic E-state index is 11.4. The molecule has 0 aromatic heterocycles. The highest BCUT2D eigenvalue weighted by Crippen LogP contribution is 2.25. The van der Waals surface area contributed by atoms with Crippen molar-refractivity contribution in [2.75, 3.05) is 12.3 Å². The molecule has 0 unspecified atom stereocenters. The van der Waals surface area contributed by atoms with Gasteiger partial charge in [-0.15, -0.1) is 0 Å². The topological polar surface area (TPSA) is 52.3 Å². The summed E-state index contributed by atoms with van der Waals surface area (Å²) in [4.78, 5) is 11.4. The summed E-state index contributed by atoms with van der Waals surface area (Å²) in [6, 6.07) is 3.88. The average Bonchev–Trinajstić information content (AvgIpc) is 2.12. The van der Waals surface area contributed by atoms with Crippen LogP contribution >= 0.6 is 0 Å². The second-order valence-corrected chi connectivity index (χ2v) is 3.22. The Kier molecular flexibility index (Phi) is 1.72. The zero-order valence-electron chi connectivity index (χ0n) is 7.46. The fourth-order valence-electron chi connectivity index (χ4n) is 1.54. The summed E-state index contributed by atoms with van der Waals surface area (Å²) in [6.07, 6.45) is 0.769. The van der Waals surface area contributed by atoms with Gasteiger partial charge in [0.05, 0.1) is 12.2 Å². The Labute approximate surface area is 76.5 Å². The number of aryl methyl sites for hydroxylation is 1. The first-order chi connectivity index (χ1) is 6.20. The number of carbonyl (C=O) groups is 1. The van der Waals surface area contributed by atoms with Gasteiger partial charge >= 0.3 is 5.97 Å². The quantitative estimate of drug-likeness (QED) is 0.480. The number of anilines is 1. The van der Waals surface area contributed by atoms with Crippen LogP contribution in [0, 0.1) is 6.92 Å². The fourth-order valence-corrected chi connectivity index (χ4v) is 1.54. The number of esters is 1. The van der Waals surface area contributed by atoms with Crippen molar-refractivity contribution in [2.24, 2.45) is 0 Å². The lowest BCUT2D eigenvalue weighted by molar-refractivity contribution is 0.0482. The highest BCUT2D eigenvalue weighted by molar-refractivity contribution is 5.98. The van der Waals surface area contributed by atoms with Gasteiger partial charge in [-0.3, -0.25) is 0 Å². The van der Waals surface area contributed by atoms with Gasteiger partial charge in [0.15, 0.2) is 0 Å². The van der Waals surface area contributed by atoms with E-state index in [1.807, 2.05) is 19.1 Å². The van der Waals surface area contributed by atoms with Crippen LogP contribution < -0.4 is 5.73 Å². The summed E-state index contributed by atoms with van der Waals surface area (Å²) in [5.74, 6) is -0.289. The van der Waals surface area contributed by atoms with Crippen molar-refractivity contribution in [3.8, 4) is 0 Å². The van der Waals surface area contributed by atoms with E-state index in [1.165, 1.54) is 0 Å². The summed E-state index contributed by atoms with van der Waals surface area (Å²) >= 11 is 0. The highest BCUT2D eigenvalue weighted by Gasteiger charge is 2.21. The molecule has 0 saturated carbocycles. The first kappa shape index (κ1) is 8.10. The molecular formula is C10H11NO2. The van der Waals surface area contributed by atoms with Gasteiger partial charge in [-0.2, -0.15) is 0 Å². The van der Waals surface area contributed by atoms with Gasteiger partial charge < -0.3 is 10.5 Å². The molecule has 3 nitrogen and oxygen atoms in total. The molecule has 13 heavy (non-hydrogen) atoms. The molecule has 2 N–H and O–H groups in total. The molecule has 0 aliphatic carbocycles. The van der Waals surface area contributed by atoms with E-state index in [-0.39, 0.29) is 5.97 Å². The van der Waals surface area contributed by atoms with Crippen LogP contribution in [0.25, 0.3) is 0 Å². The third-order valence-electron chi connectivity index (χ3n) is 2.36. The lowest BCUT2D eigenvalue weighted by Gasteiger charge is -2.18. The molecule has 2 rings (SSSR count). The van der Waals surface area contributed by atoms with E-state index in [9.17, 15) is 4.79 Å². The number of hydrogen-bond donors (Lipinski definition) is 1. The number of ether oxygens (including phenoxy) is 1. The predicted octanol–water partition coefficient (Wildman–Crippen LogP) is 1.29. The van der Waals surface area contributed by atoms with Crippen LogP contribution in [0.15, 0.2) is 12.1 Å². The molecule has 1 aromatic rings. The maximum atomic E-state index is 11.4. The summed E-state index contributed by atoms with van der Waals surface area (Å²) in [7, 11) is 0. The second-order valence-electron chi connectivity index (χ2n) is 3.22. The minimum Gasteiger partial charge on any atom is -0.462 e. The maximum Gasteiger partial charge on any atom is 0.340 e. The zero-order chi connectivity index (χ0) is 9.42. The van der Waals surface area contributed by atoms with Crippen molar-refractivity contribution in [3.63, 3.8) is 0 Å². The summed E-state index contributed by atoms with van der Waals surface area (Å²) in [5.41, 5.74) is 8.84. The number of hydrogen-bond acceptors (Lipinski definition) is 3. The summed E-state index contributed by atoms with van der Waals surface area (Å²) in [6.45, 7) is 2.35. The molecule has 0 fully saturated rings. The first-order valence-corrected chi connectivity index (χ1v) is 4.25. The number of fused-ring (bicyclic) bond motifs is 1. The van der Waals surface area contributed by atoms with Crippen molar-refractivity contribution < 1.29 is 9.53 Å². The monoisotopic (exact) mass is 177 g/mol. The Bertz CT molecular complexity index is 371. The number of cyclic esters (lactones) is 1. The van der Waals surface area contributed by atoms with E-state index >= 15 is 0 Å². The van der Waals surface area contributed by atoms with Crippen molar-refractivity contribution in [1.82, 2.24) is 0 Å². The molecular weight excluding hydrogens is 166 g/mol. The zero-order valence-corrected chi connectivity index (χ0v) is 7.46. The normalized spacial score (nSPS) is 15.0. The molecule has 1 aliphatic heterocycles. The fraction of sp³-hybridized carbons (Fsp3) is 0.300. The predicted molar refractivity (Wildman–Crippen MR) is 49.6 cm³/mol. The standard InChI is InChI=1S/C10H11NO2/c1-6-2-3-7-4-5-13-10(12)8(7)9(6)11/h2-3H,4-5,11H2,1H3. The smallest absolute Gasteiger partial charge is 0.340 e. The Balaban J connectivity index is 2.65. The minimum absolute atomic E-state index is 0.289. The molecule has 0 spiro atoms. The van der Waals surface area contributed by atoms with Gasteiger partial charge in [-0.1, -0.05) is 12.1 Å². The van der Waals surface area contributed by atoms with Gasteiger partial charge in [0.1, 0.15) is 0 Å². The molecule has 1 heterocycles. The Morgan fingerprint density at radius 2 is 2.23 bits per heavy atom. The van der Waals surface area contributed by atoms with E-state index < -0.39 is 0 Å². The molecule has 68 valence electrons. The van der Waals surface area contributed by atoms with Crippen LogP contribution in [0.3, 0.4) is 0 Å². The van der Waals surface area contributed by atoms with Crippen molar-refractivity contribution in [1.29, 1.82) is 0 Å². The number of nitrogen functional groups attached to an aromatic ring is 1. The second kappa shape index (κ2) is 2.76. The summed E-state index contributed by atoms with van der Waals surface area (Å²) in [5, 5.41) is 0. The SMILES string of the molecule is Cc1ccc2c(c1N)C(=O)OCC2. The van der Waals surface area contributed by atoms with Crippen LogP contribution in [0.1, 0.15) is 21.5 Å². The first-order valence-electron chi connectivity index (χ1n) is 4.25. The largest absolute Gasteiger partial charge is 0.462 e. The van der Waals surface area contributed by atoms with E-state index in [0.29, 0.717) is 17.9 Å². The third-order valence-corrected chi connectivity index (χ3v) is 2.36. The number of rotatable bonds is 0. The summed E-state index contributed by atoms with van der Waals surface area (Å²) < 4.78 is 4.92. The van der Waals surface area contributed by atoms with E-state index in [4.69, 9.17) is 10.5 Å². The Hall–Kier alpha value is -1.51. The van der Waals surface area contributed by atoms with Crippen molar-refractivity contribution >= 4 is 11.7 Å². The van der Waals surface area contributed by atoms with Gasteiger partial charge in [0.25, 0.3) is 0 Å². The third kappa shape index (κ3) is 1.16. The molecule has 0 amide bonds. The molecule has 3 heteroatoms. The van der Waals surface area contributed by atoms with Gasteiger partial charge in [0.2, 0.25) is 0 Å². The average molecular weight is 177 g/mol. The molecule has 0 bridgehead atoms. The molecule has 0 radical (unpaired) electrons. The van der Waals surface area contributed by atoms with Gasteiger partial charge in [0, 0.05) is 12.1 Å². The van der Waals surface area contributed by atoms with E-state index in [1.54, 1.807) is 0 Å². The number of carbonyl (C=O) groups excluding carboxylic acids is 1. The van der Waals surface area contributed by atoms with Crippen molar-refractivity contribution in [3.05, 3.63) is 28.8 Å². The van der Waals surface area contributed by atoms with E-state index in [0.717, 1.165) is 17.5 Å². The molecule has 0 saturated heterocycles. The van der Waals surface area contributed by atoms with E-state index in [2.05, 4.69) is 0 Å². The molecule has 1 aromatic carbocycles. The number of nitrogens with two attached hydrogens (primary N) is 1. The minimum atomic E-state index is -0.289. The van der Waals surface area contributed by atoms with Crippen LogP contribution in [-0.4, -0.2) is 12.6 Å². The van der Waals surface area contributed by atoms with Crippen LogP contribution in [-0.2, 0) is 11.2 Å². The van der Waals surface area contributed by atoms with Crippen LogP contribution in [0.4, 0.5) is 5.69 Å². The highest BCUT2D eigenvalue weighted by atomic mass is 16.5. The Morgan fingerprint density at radius 1 is 1.46 bits per heavy atom. The molecule has 0 atom stereocenters. The van der Waals surface area contributed by atoms with Crippen molar-refractivity contribution in [2.45, 2.75) is 13.3 Å².